The number of epoxide rings is 1. The second kappa shape index (κ2) is 13.1. The Balaban J connectivity index is 1.60. The van der Waals surface area contributed by atoms with E-state index in [0.29, 0.717) is 45.1 Å². The van der Waals surface area contributed by atoms with Gasteiger partial charge in [0.15, 0.2) is 5.78 Å². The van der Waals surface area contributed by atoms with Crippen LogP contribution in [0.2, 0.25) is 0 Å². The third-order valence-corrected chi connectivity index (χ3v) is 8.33. The minimum atomic E-state index is -1.74. The number of nitrogens with one attached hydrogen (secondary N) is 2. The zero-order chi connectivity index (χ0) is 29.6. The van der Waals surface area contributed by atoms with Crippen LogP contribution in [0.4, 0.5) is 0 Å². The number of rotatable bonds is 14. The first-order valence-corrected chi connectivity index (χ1v) is 14.2. The van der Waals surface area contributed by atoms with Crippen LogP contribution in [-0.2, 0) is 35.1 Å². The third-order valence-electron chi connectivity index (χ3n) is 8.33. The molecule has 2 saturated heterocycles. The normalized spacial score (nSPS) is 23.4. The quantitative estimate of drug-likeness (QED) is 0.220. The molecule has 2 heterocycles. The Labute approximate surface area is 241 Å². The van der Waals surface area contributed by atoms with E-state index in [-0.39, 0.29) is 18.7 Å². The lowest BCUT2D eigenvalue weighted by Crippen LogP contribution is -2.65. The van der Waals surface area contributed by atoms with E-state index in [4.69, 9.17) is 19.9 Å². The average Bonchev–Trinajstić information content (AvgIpc) is 3.49. The van der Waals surface area contributed by atoms with Gasteiger partial charge in [-0.25, -0.2) is 0 Å². The number of Topliss-reactive ketones (excluding diaryl/α,β-unsaturated/α-hetero) is 1. The number of amides is 3. The fraction of sp³-hybridized carbons (Fsp3) is 0.600. The van der Waals surface area contributed by atoms with Gasteiger partial charge in [0.25, 0.3) is 0 Å². The van der Waals surface area contributed by atoms with Gasteiger partial charge in [-0.2, -0.15) is 0 Å². The minimum Gasteiger partial charge on any atom is -0.497 e. The summed E-state index contributed by atoms with van der Waals surface area (Å²) in [5.74, 6) is -2.50. The molecule has 0 spiro atoms. The first-order chi connectivity index (χ1) is 19.5. The van der Waals surface area contributed by atoms with Gasteiger partial charge >= 0.3 is 0 Å². The molecule has 4 rings (SSSR count). The number of ketones is 1. The number of nitrogens with zero attached hydrogens (tertiary/aromatic N) is 1. The van der Waals surface area contributed by atoms with E-state index >= 15 is 0 Å². The van der Waals surface area contributed by atoms with Gasteiger partial charge < -0.3 is 30.6 Å². The highest BCUT2D eigenvalue weighted by atomic mass is 16.6. The summed E-state index contributed by atoms with van der Waals surface area (Å²) >= 11 is 0. The van der Waals surface area contributed by atoms with Crippen molar-refractivity contribution >= 4 is 23.5 Å². The highest BCUT2D eigenvalue weighted by Gasteiger charge is 2.51. The zero-order valence-corrected chi connectivity index (χ0v) is 24.2. The van der Waals surface area contributed by atoms with E-state index in [0.717, 1.165) is 30.4 Å². The number of morpholine rings is 1. The summed E-state index contributed by atoms with van der Waals surface area (Å²) in [6.07, 6.45) is 5.37. The van der Waals surface area contributed by atoms with E-state index in [1.807, 2.05) is 4.90 Å². The first kappa shape index (κ1) is 30.7. The Morgan fingerprint density at radius 2 is 1.83 bits per heavy atom. The molecule has 0 radical (unpaired) electrons. The highest BCUT2D eigenvalue weighted by Crippen LogP contribution is 2.32. The van der Waals surface area contributed by atoms with Gasteiger partial charge in [-0.05, 0) is 63.6 Å². The van der Waals surface area contributed by atoms with E-state index in [1.165, 1.54) is 6.92 Å². The number of hydrogen-bond donors (Lipinski definition) is 3. The van der Waals surface area contributed by atoms with Gasteiger partial charge in [0, 0.05) is 13.1 Å². The van der Waals surface area contributed by atoms with Crippen LogP contribution < -0.4 is 21.1 Å². The van der Waals surface area contributed by atoms with Crippen LogP contribution in [0.25, 0.3) is 0 Å². The molecule has 3 amide bonds. The van der Waals surface area contributed by atoms with E-state index < -0.39 is 40.8 Å². The number of allylic oxidation sites excluding steroid dienone is 1. The molecule has 4 atom stereocenters. The van der Waals surface area contributed by atoms with Gasteiger partial charge in [0.2, 0.25) is 17.7 Å². The number of carbonyl (C=O) groups excluding carboxylic acids is 4. The number of hydrogen-bond acceptors (Lipinski definition) is 8. The molecule has 2 aliphatic heterocycles. The number of primary amides is 1. The molecule has 4 N–H and O–H groups in total. The molecular formula is C30H42N4O7. The molecule has 41 heavy (non-hydrogen) atoms. The standard InChI is InChI=1S/C30H42N4O7/c1-29(19-41-29)26(36)24(17-20-6-4-5-7-20)32-27(37)23(16-21-8-10-22(39-3)11-9-21)30(2,28(31)38)33-25(35)18-34-12-14-40-15-13-34/h6,8-11,23-24H,4-5,7,12-19H2,1-3H3,(H2,31,38)(H,32,37)(H,33,35)/t23-,24+,29-,30?/m1/s1. The number of methoxy groups -OCH3 is 1. The number of carbonyl (C=O) groups is 4. The molecule has 0 saturated carbocycles. The lowest BCUT2D eigenvalue weighted by Gasteiger charge is -2.37. The van der Waals surface area contributed by atoms with Crippen molar-refractivity contribution in [2.24, 2.45) is 11.7 Å². The summed E-state index contributed by atoms with van der Waals surface area (Å²) in [7, 11) is 1.56. The maximum atomic E-state index is 14.1. The lowest BCUT2D eigenvalue weighted by atomic mass is 9.79. The summed E-state index contributed by atoms with van der Waals surface area (Å²) in [6.45, 7) is 5.70. The molecule has 1 aromatic rings. The van der Waals surface area contributed by atoms with Crippen LogP contribution in [0, 0.1) is 5.92 Å². The van der Waals surface area contributed by atoms with E-state index in [9.17, 15) is 19.2 Å². The fourth-order valence-electron chi connectivity index (χ4n) is 5.45. The second-order valence-corrected chi connectivity index (χ2v) is 11.5. The summed E-state index contributed by atoms with van der Waals surface area (Å²) in [5, 5.41) is 5.71. The van der Waals surface area contributed by atoms with Crippen LogP contribution in [0.3, 0.4) is 0 Å². The van der Waals surface area contributed by atoms with Crippen molar-refractivity contribution in [3.8, 4) is 5.75 Å². The van der Waals surface area contributed by atoms with Crippen molar-refractivity contribution in [3.05, 3.63) is 41.5 Å². The van der Waals surface area contributed by atoms with Crippen molar-refractivity contribution < 1.29 is 33.4 Å². The molecule has 1 aromatic carbocycles. The highest BCUT2D eigenvalue weighted by molar-refractivity contribution is 6.00. The predicted octanol–water partition coefficient (Wildman–Crippen LogP) is 0.890. The smallest absolute Gasteiger partial charge is 0.243 e. The molecule has 1 aliphatic carbocycles. The molecule has 11 heteroatoms. The van der Waals surface area contributed by atoms with Gasteiger partial charge in [0.05, 0.1) is 45.4 Å². The van der Waals surface area contributed by atoms with Crippen molar-refractivity contribution in [1.82, 2.24) is 15.5 Å². The summed E-state index contributed by atoms with van der Waals surface area (Å²) in [5.41, 5.74) is 5.07. The second-order valence-electron chi connectivity index (χ2n) is 11.5. The molecular weight excluding hydrogens is 528 g/mol. The van der Waals surface area contributed by atoms with E-state index in [2.05, 4.69) is 16.7 Å². The average molecular weight is 571 g/mol. The Bertz CT molecular complexity index is 1160. The van der Waals surface area contributed by atoms with Crippen molar-refractivity contribution in [2.75, 3.05) is 46.6 Å². The molecule has 1 unspecified atom stereocenters. The number of nitrogens with two attached hydrogens (primary N) is 1. The first-order valence-electron chi connectivity index (χ1n) is 14.2. The minimum absolute atomic E-state index is 0.0358. The van der Waals surface area contributed by atoms with Crippen LogP contribution in [-0.4, -0.2) is 92.2 Å². The van der Waals surface area contributed by atoms with Gasteiger partial charge in [-0.1, -0.05) is 23.8 Å². The van der Waals surface area contributed by atoms with Crippen LogP contribution in [0.15, 0.2) is 35.9 Å². The largest absolute Gasteiger partial charge is 0.497 e. The van der Waals surface area contributed by atoms with E-state index in [1.54, 1.807) is 38.3 Å². The fourth-order valence-corrected chi connectivity index (χ4v) is 5.45. The number of benzene rings is 1. The van der Waals surface area contributed by atoms with Crippen LogP contribution in [0.1, 0.15) is 45.1 Å². The third kappa shape index (κ3) is 7.72. The van der Waals surface area contributed by atoms with Crippen LogP contribution in [0.5, 0.6) is 5.75 Å². The molecule has 3 aliphatic rings. The monoisotopic (exact) mass is 570 g/mol. The molecule has 224 valence electrons. The van der Waals surface area contributed by atoms with Gasteiger partial charge in [-0.15, -0.1) is 0 Å². The van der Waals surface area contributed by atoms with Crippen LogP contribution >= 0.6 is 0 Å². The Morgan fingerprint density at radius 3 is 2.39 bits per heavy atom. The van der Waals surface area contributed by atoms with Gasteiger partial charge in [0.1, 0.15) is 16.9 Å². The molecule has 0 aromatic heterocycles. The predicted molar refractivity (Wildman–Crippen MR) is 151 cm³/mol. The van der Waals surface area contributed by atoms with Crippen molar-refractivity contribution in [1.29, 1.82) is 0 Å². The summed E-state index contributed by atoms with van der Waals surface area (Å²) < 4.78 is 16.0. The van der Waals surface area contributed by atoms with Crippen molar-refractivity contribution in [3.63, 3.8) is 0 Å². The topological polar surface area (TPSA) is 153 Å². The molecule has 2 fully saturated rings. The van der Waals surface area contributed by atoms with Crippen molar-refractivity contribution in [2.45, 2.75) is 63.1 Å². The summed E-state index contributed by atoms with van der Waals surface area (Å²) in [6, 6.07) is 6.27. The molecule has 0 bridgehead atoms. The Kier molecular flexibility index (Phi) is 9.83. The lowest BCUT2D eigenvalue weighted by molar-refractivity contribution is -0.141. The number of ether oxygens (including phenoxy) is 3. The van der Waals surface area contributed by atoms with Gasteiger partial charge in [-0.3, -0.25) is 24.1 Å². The maximum Gasteiger partial charge on any atom is 0.243 e. The Morgan fingerprint density at radius 1 is 1.15 bits per heavy atom. The summed E-state index contributed by atoms with van der Waals surface area (Å²) in [4.78, 5) is 55.6. The molecule has 11 nitrogen and oxygen atoms in total. The Hall–Kier alpha value is -3.28. The maximum absolute atomic E-state index is 14.1. The zero-order valence-electron chi connectivity index (χ0n) is 24.2. The SMILES string of the molecule is COc1ccc(C[C@H](C(=O)N[C@@H](CC2=CCCC2)C(=O)[C@@]2(C)CO2)C(C)(NC(=O)CN2CCOCC2)C(N)=O)cc1.